The molecule has 22 heavy (non-hydrogen) atoms. The Morgan fingerprint density at radius 3 is 2.86 bits per heavy atom. The van der Waals surface area contributed by atoms with E-state index in [9.17, 15) is 4.79 Å². The maximum Gasteiger partial charge on any atom is 0.228 e. The van der Waals surface area contributed by atoms with E-state index in [1.54, 1.807) is 4.68 Å². The maximum atomic E-state index is 12.4. The van der Waals surface area contributed by atoms with Gasteiger partial charge in [-0.2, -0.15) is 5.10 Å². The molecule has 1 aliphatic rings. The number of piperidine rings is 1. The largest absolute Gasteiger partial charge is 0.324 e. The molecule has 0 saturated carbocycles. The zero-order chi connectivity index (χ0) is 14.7. The van der Waals surface area contributed by atoms with Crippen molar-refractivity contribution in [1.82, 2.24) is 15.1 Å². The number of anilines is 1. The van der Waals surface area contributed by atoms with Crippen LogP contribution in [0.25, 0.3) is 5.69 Å². The van der Waals surface area contributed by atoms with Crippen LogP contribution < -0.4 is 10.6 Å². The third-order valence-electron chi connectivity index (χ3n) is 3.80. The van der Waals surface area contributed by atoms with Gasteiger partial charge in [0.2, 0.25) is 5.91 Å². The van der Waals surface area contributed by atoms with E-state index in [-0.39, 0.29) is 24.2 Å². The van der Waals surface area contributed by atoms with Gasteiger partial charge >= 0.3 is 0 Å². The predicted octanol–water partition coefficient (Wildman–Crippen LogP) is 2.54. The molecule has 118 valence electrons. The summed E-state index contributed by atoms with van der Waals surface area (Å²) in [4.78, 5) is 12.4. The second-order valence-electron chi connectivity index (χ2n) is 5.45. The van der Waals surface area contributed by atoms with Gasteiger partial charge in [-0.15, -0.1) is 12.4 Å². The third kappa shape index (κ3) is 3.67. The van der Waals surface area contributed by atoms with Gasteiger partial charge in [0.15, 0.2) is 0 Å². The molecule has 1 fully saturated rings. The standard InChI is InChI=1S/C16H20N4O.ClH/c1-12-8-10-20(19-12)15-7-3-2-6-14(15)18-16(21)13-5-4-9-17-11-13;/h2-3,6-8,10,13,17H,4-5,9,11H2,1H3,(H,18,21);1H. The molecule has 2 aromatic rings. The van der Waals surface area contributed by atoms with E-state index < -0.39 is 0 Å². The van der Waals surface area contributed by atoms with E-state index in [2.05, 4.69) is 15.7 Å². The van der Waals surface area contributed by atoms with Crippen LogP contribution in [0.5, 0.6) is 0 Å². The van der Waals surface area contributed by atoms with Crippen molar-refractivity contribution in [2.24, 2.45) is 5.92 Å². The average Bonchev–Trinajstić information content (AvgIpc) is 2.95. The van der Waals surface area contributed by atoms with E-state index in [0.717, 1.165) is 43.0 Å². The van der Waals surface area contributed by atoms with Gasteiger partial charge in [0, 0.05) is 12.7 Å². The Bertz CT molecular complexity index is 635. The number of nitrogens with one attached hydrogen (secondary N) is 2. The number of benzene rings is 1. The lowest BCUT2D eigenvalue weighted by Crippen LogP contribution is -2.37. The summed E-state index contributed by atoms with van der Waals surface area (Å²) in [6, 6.07) is 9.70. The second kappa shape index (κ2) is 7.42. The van der Waals surface area contributed by atoms with Crippen molar-refractivity contribution in [3.63, 3.8) is 0 Å². The maximum absolute atomic E-state index is 12.4. The summed E-state index contributed by atoms with van der Waals surface area (Å²) >= 11 is 0. The van der Waals surface area contributed by atoms with E-state index in [4.69, 9.17) is 0 Å². The number of para-hydroxylation sites is 2. The molecule has 1 aliphatic heterocycles. The van der Waals surface area contributed by atoms with Gasteiger partial charge in [-0.05, 0) is 44.5 Å². The topological polar surface area (TPSA) is 59.0 Å². The first-order chi connectivity index (χ1) is 10.2. The smallest absolute Gasteiger partial charge is 0.228 e. The molecule has 0 aliphatic carbocycles. The average molecular weight is 321 g/mol. The summed E-state index contributed by atoms with van der Waals surface area (Å²) in [6.07, 6.45) is 3.91. The molecule has 1 saturated heterocycles. The highest BCUT2D eigenvalue weighted by molar-refractivity contribution is 5.94. The van der Waals surface area contributed by atoms with Gasteiger partial charge in [0.05, 0.1) is 23.0 Å². The van der Waals surface area contributed by atoms with Crippen LogP contribution in [-0.4, -0.2) is 28.8 Å². The van der Waals surface area contributed by atoms with Gasteiger partial charge in [-0.1, -0.05) is 12.1 Å². The van der Waals surface area contributed by atoms with Gasteiger partial charge < -0.3 is 10.6 Å². The molecule has 1 atom stereocenters. The van der Waals surface area contributed by atoms with Gasteiger partial charge in [0.25, 0.3) is 0 Å². The van der Waals surface area contributed by atoms with Crippen molar-refractivity contribution in [2.45, 2.75) is 19.8 Å². The molecule has 1 aromatic heterocycles. The number of hydrogen-bond acceptors (Lipinski definition) is 3. The van der Waals surface area contributed by atoms with Crippen molar-refractivity contribution in [3.05, 3.63) is 42.2 Å². The zero-order valence-electron chi connectivity index (χ0n) is 12.6. The summed E-state index contributed by atoms with van der Waals surface area (Å²) < 4.78 is 1.80. The van der Waals surface area contributed by atoms with Crippen LogP contribution in [0.1, 0.15) is 18.5 Å². The number of rotatable bonds is 3. The first kappa shape index (κ1) is 16.5. The fourth-order valence-corrected chi connectivity index (χ4v) is 2.64. The van der Waals surface area contributed by atoms with E-state index in [1.165, 1.54) is 0 Å². The molecule has 6 heteroatoms. The Kier molecular flexibility index (Phi) is 5.57. The van der Waals surface area contributed by atoms with Crippen LogP contribution in [0, 0.1) is 12.8 Å². The minimum Gasteiger partial charge on any atom is -0.324 e. The Morgan fingerprint density at radius 2 is 2.18 bits per heavy atom. The van der Waals surface area contributed by atoms with Crippen molar-refractivity contribution < 1.29 is 4.79 Å². The number of aromatic nitrogens is 2. The number of carbonyl (C=O) groups excluding carboxylic acids is 1. The molecule has 3 rings (SSSR count). The molecule has 1 aromatic carbocycles. The number of amides is 1. The summed E-state index contributed by atoms with van der Waals surface area (Å²) in [5, 5.41) is 10.7. The normalized spacial score (nSPS) is 17.6. The van der Waals surface area contributed by atoms with E-state index >= 15 is 0 Å². The first-order valence-electron chi connectivity index (χ1n) is 7.37. The molecule has 0 spiro atoms. The van der Waals surface area contributed by atoms with Crippen LogP contribution >= 0.6 is 12.4 Å². The summed E-state index contributed by atoms with van der Waals surface area (Å²) in [5.74, 6) is 0.129. The number of hydrogen-bond donors (Lipinski definition) is 2. The molecule has 2 N–H and O–H groups in total. The van der Waals surface area contributed by atoms with Gasteiger partial charge in [-0.25, -0.2) is 4.68 Å². The molecule has 1 amide bonds. The monoisotopic (exact) mass is 320 g/mol. The summed E-state index contributed by atoms with van der Waals surface area (Å²) in [7, 11) is 0. The molecule has 1 unspecified atom stereocenters. The van der Waals surface area contributed by atoms with Crippen LogP contribution in [0.2, 0.25) is 0 Å². The highest BCUT2D eigenvalue weighted by atomic mass is 35.5. The molecule has 0 bridgehead atoms. The number of aryl methyl sites for hydroxylation is 1. The quantitative estimate of drug-likeness (QED) is 0.913. The number of nitrogens with zero attached hydrogens (tertiary/aromatic N) is 2. The minimum atomic E-state index is 0. The van der Waals surface area contributed by atoms with E-state index in [1.807, 2.05) is 43.5 Å². The fraction of sp³-hybridized carbons (Fsp3) is 0.375. The fourth-order valence-electron chi connectivity index (χ4n) is 2.64. The Morgan fingerprint density at radius 1 is 1.36 bits per heavy atom. The minimum absolute atomic E-state index is 0. The predicted molar refractivity (Wildman–Crippen MR) is 89.8 cm³/mol. The van der Waals surface area contributed by atoms with Crippen molar-refractivity contribution in [2.75, 3.05) is 18.4 Å². The zero-order valence-corrected chi connectivity index (χ0v) is 13.4. The Balaban J connectivity index is 0.00000176. The highest BCUT2D eigenvalue weighted by Crippen LogP contribution is 2.21. The Labute approximate surface area is 136 Å². The molecule has 0 radical (unpaired) electrons. The van der Waals surface area contributed by atoms with E-state index in [0.29, 0.717) is 0 Å². The Hall–Kier alpha value is -1.85. The van der Waals surface area contributed by atoms with Crippen molar-refractivity contribution >= 4 is 24.0 Å². The molecule has 5 nitrogen and oxygen atoms in total. The number of halogens is 1. The molecular formula is C16H21ClN4O. The lowest BCUT2D eigenvalue weighted by Gasteiger charge is -2.22. The van der Waals surface area contributed by atoms with Crippen LogP contribution in [-0.2, 0) is 4.79 Å². The van der Waals surface area contributed by atoms with Crippen molar-refractivity contribution in [1.29, 1.82) is 0 Å². The third-order valence-corrected chi connectivity index (χ3v) is 3.80. The summed E-state index contributed by atoms with van der Waals surface area (Å²) in [6.45, 7) is 3.72. The first-order valence-corrected chi connectivity index (χ1v) is 7.37. The van der Waals surface area contributed by atoms with Crippen LogP contribution in [0.3, 0.4) is 0 Å². The van der Waals surface area contributed by atoms with Gasteiger partial charge in [-0.3, -0.25) is 4.79 Å². The molecular weight excluding hydrogens is 300 g/mol. The lowest BCUT2D eigenvalue weighted by atomic mass is 9.99. The SMILES string of the molecule is Cc1ccn(-c2ccccc2NC(=O)C2CCCNC2)n1.Cl. The van der Waals surface area contributed by atoms with Crippen LogP contribution in [0.4, 0.5) is 5.69 Å². The van der Waals surface area contributed by atoms with Crippen LogP contribution in [0.15, 0.2) is 36.5 Å². The highest BCUT2D eigenvalue weighted by Gasteiger charge is 2.21. The summed E-state index contributed by atoms with van der Waals surface area (Å²) in [5.41, 5.74) is 2.64. The van der Waals surface area contributed by atoms with Gasteiger partial charge in [0.1, 0.15) is 0 Å². The number of carbonyl (C=O) groups is 1. The van der Waals surface area contributed by atoms with Crippen molar-refractivity contribution in [3.8, 4) is 5.69 Å². The molecule has 2 heterocycles. The lowest BCUT2D eigenvalue weighted by molar-refractivity contribution is -0.120. The second-order valence-corrected chi connectivity index (χ2v) is 5.45.